The Hall–Kier alpha value is -1.79. The Kier molecular flexibility index (Phi) is 5.56. The SMILES string of the molecule is CC(C)C(C(=O)OC(C)(C)C)N1CCC2(CN(C(=O)OC(C)(C)C)C2)C1=O. The second-order valence-electron chi connectivity index (χ2n) is 10.1. The second-order valence-corrected chi connectivity index (χ2v) is 10.1. The first-order valence-electron chi connectivity index (χ1n) is 9.67. The maximum Gasteiger partial charge on any atom is 0.410 e. The van der Waals surface area contributed by atoms with Crippen molar-refractivity contribution in [2.45, 2.75) is 79.1 Å². The van der Waals surface area contributed by atoms with Crippen LogP contribution in [0.4, 0.5) is 4.79 Å². The maximum absolute atomic E-state index is 13.1. The fraction of sp³-hybridized carbons (Fsp3) is 0.850. The summed E-state index contributed by atoms with van der Waals surface area (Å²) >= 11 is 0. The van der Waals surface area contributed by atoms with Gasteiger partial charge in [-0.25, -0.2) is 9.59 Å². The van der Waals surface area contributed by atoms with Crippen molar-refractivity contribution < 1.29 is 23.9 Å². The first-order valence-corrected chi connectivity index (χ1v) is 9.67. The van der Waals surface area contributed by atoms with Crippen molar-refractivity contribution in [3.63, 3.8) is 0 Å². The molecule has 154 valence electrons. The number of likely N-dealkylation sites (tertiary alicyclic amines) is 2. The molecule has 1 atom stereocenters. The largest absolute Gasteiger partial charge is 0.458 e. The van der Waals surface area contributed by atoms with E-state index < -0.39 is 28.8 Å². The quantitative estimate of drug-likeness (QED) is 0.702. The van der Waals surface area contributed by atoms with E-state index in [0.717, 1.165) is 0 Å². The molecular weight excluding hydrogens is 348 g/mol. The minimum absolute atomic E-state index is 0.0546. The maximum atomic E-state index is 13.1. The summed E-state index contributed by atoms with van der Waals surface area (Å²) in [6, 6.07) is -0.605. The Morgan fingerprint density at radius 1 is 1.00 bits per heavy atom. The molecule has 0 saturated carbocycles. The number of esters is 1. The third-order valence-electron chi connectivity index (χ3n) is 4.80. The number of carbonyl (C=O) groups is 3. The molecule has 2 saturated heterocycles. The van der Waals surface area contributed by atoms with E-state index in [1.54, 1.807) is 9.80 Å². The standard InChI is InChI=1S/C20H34N2O5/c1-13(2)14(15(23)26-18(3,4)5)22-10-9-20(16(22)24)11-21(12-20)17(25)27-19(6,7)8/h13-14H,9-12H2,1-8H3. The monoisotopic (exact) mass is 382 g/mol. The summed E-state index contributed by atoms with van der Waals surface area (Å²) in [6.07, 6.45) is 0.240. The van der Waals surface area contributed by atoms with Gasteiger partial charge in [-0.15, -0.1) is 0 Å². The van der Waals surface area contributed by atoms with Crippen LogP contribution in [0.15, 0.2) is 0 Å². The Balaban J connectivity index is 2.05. The molecule has 2 aliphatic rings. The number of nitrogens with zero attached hydrogens (tertiary/aromatic N) is 2. The van der Waals surface area contributed by atoms with Gasteiger partial charge in [-0.05, 0) is 53.9 Å². The van der Waals surface area contributed by atoms with Crippen LogP contribution in [0.2, 0.25) is 0 Å². The molecule has 0 aromatic carbocycles. The molecule has 1 spiro atoms. The zero-order valence-electron chi connectivity index (χ0n) is 17.9. The Morgan fingerprint density at radius 3 is 1.96 bits per heavy atom. The molecule has 2 rings (SSSR count). The summed E-state index contributed by atoms with van der Waals surface area (Å²) in [6.45, 7) is 15.9. The van der Waals surface area contributed by atoms with Crippen molar-refractivity contribution in [2.24, 2.45) is 11.3 Å². The molecule has 0 radical (unpaired) electrons. The van der Waals surface area contributed by atoms with E-state index >= 15 is 0 Å². The normalized spacial score (nSPS) is 20.7. The molecule has 27 heavy (non-hydrogen) atoms. The van der Waals surface area contributed by atoms with E-state index in [2.05, 4.69) is 0 Å². The van der Waals surface area contributed by atoms with E-state index in [9.17, 15) is 14.4 Å². The Morgan fingerprint density at radius 2 is 1.52 bits per heavy atom. The lowest BCUT2D eigenvalue weighted by Gasteiger charge is -2.46. The van der Waals surface area contributed by atoms with Crippen LogP contribution in [-0.2, 0) is 19.1 Å². The lowest BCUT2D eigenvalue weighted by molar-refractivity contribution is -0.168. The fourth-order valence-electron chi connectivity index (χ4n) is 3.67. The number of carbonyl (C=O) groups excluding carboxylic acids is 3. The third-order valence-corrected chi connectivity index (χ3v) is 4.80. The summed E-state index contributed by atoms with van der Waals surface area (Å²) in [5.41, 5.74) is -1.76. The highest BCUT2D eigenvalue weighted by Crippen LogP contribution is 2.42. The van der Waals surface area contributed by atoms with Crippen LogP contribution in [-0.4, -0.2) is 64.6 Å². The predicted molar refractivity (Wildman–Crippen MR) is 101 cm³/mol. The molecule has 2 fully saturated rings. The topological polar surface area (TPSA) is 76.2 Å². The van der Waals surface area contributed by atoms with Crippen LogP contribution < -0.4 is 0 Å². The van der Waals surface area contributed by atoms with Crippen molar-refractivity contribution >= 4 is 18.0 Å². The molecule has 0 aromatic rings. The first-order chi connectivity index (χ1) is 12.2. The zero-order chi connectivity index (χ0) is 20.8. The van der Waals surface area contributed by atoms with E-state index in [1.807, 2.05) is 55.4 Å². The molecule has 7 nitrogen and oxygen atoms in total. The highest BCUT2D eigenvalue weighted by atomic mass is 16.6. The van der Waals surface area contributed by atoms with E-state index in [-0.39, 0.29) is 17.8 Å². The van der Waals surface area contributed by atoms with Crippen LogP contribution in [0.1, 0.15) is 61.8 Å². The third kappa shape index (κ3) is 4.74. The minimum atomic E-state index is -0.605. The molecule has 2 aliphatic heterocycles. The van der Waals surface area contributed by atoms with Gasteiger partial charge in [0.1, 0.15) is 17.2 Å². The molecule has 2 heterocycles. The van der Waals surface area contributed by atoms with Crippen molar-refractivity contribution in [1.82, 2.24) is 9.80 Å². The van der Waals surface area contributed by atoms with Crippen molar-refractivity contribution in [1.29, 1.82) is 0 Å². The van der Waals surface area contributed by atoms with Gasteiger partial charge in [0.05, 0.1) is 5.41 Å². The average molecular weight is 383 g/mol. The van der Waals surface area contributed by atoms with E-state index in [1.165, 1.54) is 0 Å². The first kappa shape index (κ1) is 21.5. The molecule has 0 aliphatic carbocycles. The van der Waals surface area contributed by atoms with Crippen molar-refractivity contribution in [2.75, 3.05) is 19.6 Å². The second kappa shape index (κ2) is 6.99. The molecule has 0 bridgehead atoms. The molecule has 0 aromatic heterocycles. The Bertz CT molecular complexity index is 609. The smallest absolute Gasteiger partial charge is 0.410 e. The number of amides is 2. The van der Waals surface area contributed by atoms with Gasteiger partial charge < -0.3 is 19.3 Å². The highest BCUT2D eigenvalue weighted by molar-refractivity contribution is 5.92. The Labute approximate surface area is 162 Å². The van der Waals surface area contributed by atoms with Gasteiger partial charge in [-0.2, -0.15) is 0 Å². The lowest BCUT2D eigenvalue weighted by Crippen LogP contribution is -2.63. The van der Waals surface area contributed by atoms with Crippen LogP contribution in [0.3, 0.4) is 0 Å². The van der Waals surface area contributed by atoms with Crippen molar-refractivity contribution in [3.05, 3.63) is 0 Å². The van der Waals surface area contributed by atoms with Gasteiger partial charge in [0.2, 0.25) is 5.91 Å². The van der Waals surface area contributed by atoms with Crippen LogP contribution in [0.25, 0.3) is 0 Å². The van der Waals surface area contributed by atoms with E-state index in [4.69, 9.17) is 9.47 Å². The summed E-state index contributed by atoms with van der Waals surface area (Å²) in [4.78, 5) is 41.2. The molecule has 0 N–H and O–H groups in total. The summed E-state index contributed by atoms with van der Waals surface area (Å²) in [7, 11) is 0. The molecule has 7 heteroatoms. The van der Waals surface area contributed by atoms with Crippen LogP contribution in [0.5, 0.6) is 0 Å². The number of hydrogen-bond acceptors (Lipinski definition) is 5. The van der Waals surface area contributed by atoms with Crippen molar-refractivity contribution in [3.8, 4) is 0 Å². The van der Waals surface area contributed by atoms with Gasteiger partial charge in [0, 0.05) is 19.6 Å². The van der Waals surface area contributed by atoms with Crippen LogP contribution >= 0.6 is 0 Å². The lowest BCUT2D eigenvalue weighted by atomic mass is 9.78. The summed E-state index contributed by atoms with van der Waals surface area (Å²) in [5.74, 6) is -0.487. The van der Waals surface area contributed by atoms with Gasteiger partial charge in [-0.3, -0.25) is 4.79 Å². The summed E-state index contributed by atoms with van der Waals surface area (Å²) in [5, 5.41) is 0. The van der Waals surface area contributed by atoms with Crippen LogP contribution in [0, 0.1) is 11.3 Å². The zero-order valence-corrected chi connectivity index (χ0v) is 17.9. The van der Waals surface area contributed by atoms with Gasteiger partial charge in [-0.1, -0.05) is 13.8 Å². The van der Waals surface area contributed by atoms with E-state index in [0.29, 0.717) is 26.1 Å². The number of hydrogen-bond donors (Lipinski definition) is 0. The average Bonchev–Trinajstić information content (AvgIpc) is 2.71. The number of rotatable bonds is 3. The molecule has 2 amide bonds. The van der Waals surface area contributed by atoms with Gasteiger partial charge in [0.25, 0.3) is 0 Å². The molecule has 1 unspecified atom stereocenters. The minimum Gasteiger partial charge on any atom is -0.458 e. The van der Waals surface area contributed by atoms with Gasteiger partial charge >= 0.3 is 12.1 Å². The fourth-order valence-corrected chi connectivity index (χ4v) is 3.67. The highest BCUT2D eigenvalue weighted by Gasteiger charge is 2.58. The number of ether oxygens (including phenoxy) is 2. The molecular formula is C20H34N2O5. The van der Waals surface area contributed by atoms with Gasteiger partial charge in [0.15, 0.2) is 0 Å². The summed E-state index contributed by atoms with van der Waals surface area (Å²) < 4.78 is 10.9. The predicted octanol–water partition coefficient (Wildman–Crippen LogP) is 2.82.